The molecule has 0 saturated heterocycles. The van der Waals surface area contributed by atoms with Crippen molar-refractivity contribution in [1.29, 1.82) is 0 Å². The fourth-order valence-electron chi connectivity index (χ4n) is 3.44. The van der Waals surface area contributed by atoms with E-state index in [-0.39, 0.29) is 0 Å². The highest BCUT2D eigenvalue weighted by atomic mass is 16.3. The van der Waals surface area contributed by atoms with Gasteiger partial charge in [-0.1, -0.05) is 12.1 Å². The van der Waals surface area contributed by atoms with Gasteiger partial charge in [0.1, 0.15) is 5.82 Å². The molecule has 29 heavy (non-hydrogen) atoms. The van der Waals surface area contributed by atoms with Crippen molar-refractivity contribution in [3.63, 3.8) is 0 Å². The Kier molecular flexibility index (Phi) is 4.24. The van der Waals surface area contributed by atoms with Gasteiger partial charge in [0, 0.05) is 18.7 Å². The lowest BCUT2D eigenvalue weighted by Crippen LogP contribution is -2.21. The minimum atomic E-state index is -0.762. The van der Waals surface area contributed by atoms with E-state index in [1.807, 2.05) is 35.1 Å². The molecule has 150 valence electrons. The van der Waals surface area contributed by atoms with Gasteiger partial charge in [0.05, 0.1) is 28.9 Å². The summed E-state index contributed by atoms with van der Waals surface area (Å²) in [5.41, 5.74) is 3.75. The average Bonchev–Trinajstić information content (AvgIpc) is 3.36. The number of nitrogens with zero attached hydrogens (tertiary/aromatic N) is 5. The van der Waals surface area contributed by atoms with E-state index in [4.69, 9.17) is 10.1 Å². The van der Waals surface area contributed by atoms with E-state index in [2.05, 4.69) is 20.3 Å². The number of nitrogens with one attached hydrogen (secondary N) is 2. The quantitative estimate of drug-likeness (QED) is 0.446. The maximum atomic E-state index is 10.1. The van der Waals surface area contributed by atoms with Crippen molar-refractivity contribution >= 4 is 28.0 Å². The standard InChI is InChI=1S/C21H25N7O/c1-21(2,29)9-10-28-20-18(22-11-16(26-20)13-7-8-13)19(27-28)23-12-17-24-14-5-3-4-6-15(14)25-17/h3-6,11,13,29H,7-10,12H2,1-2H3,(H,23,27)(H,24,25). The lowest BCUT2D eigenvalue weighted by molar-refractivity contribution is 0.0655. The highest BCUT2D eigenvalue weighted by Gasteiger charge is 2.27. The van der Waals surface area contributed by atoms with Crippen LogP contribution in [0.4, 0.5) is 5.82 Å². The third-order valence-corrected chi connectivity index (χ3v) is 5.25. The van der Waals surface area contributed by atoms with Gasteiger partial charge in [-0.3, -0.25) is 0 Å². The average molecular weight is 391 g/mol. The van der Waals surface area contributed by atoms with Gasteiger partial charge in [0.2, 0.25) is 0 Å². The molecule has 0 atom stereocenters. The Hall–Kier alpha value is -3.00. The smallest absolute Gasteiger partial charge is 0.179 e. The van der Waals surface area contributed by atoms with Crippen LogP contribution in [0.3, 0.4) is 0 Å². The van der Waals surface area contributed by atoms with Gasteiger partial charge in [0.15, 0.2) is 17.0 Å². The molecule has 3 heterocycles. The third kappa shape index (κ3) is 3.80. The van der Waals surface area contributed by atoms with Gasteiger partial charge in [-0.25, -0.2) is 19.6 Å². The summed E-state index contributed by atoms with van der Waals surface area (Å²) in [5, 5.41) is 18.2. The molecular weight excluding hydrogens is 366 g/mol. The van der Waals surface area contributed by atoms with Crippen molar-refractivity contribution in [2.24, 2.45) is 0 Å². The number of hydrogen-bond acceptors (Lipinski definition) is 6. The molecule has 8 heteroatoms. The van der Waals surface area contributed by atoms with Crippen molar-refractivity contribution in [3.05, 3.63) is 42.0 Å². The molecule has 5 rings (SSSR count). The summed E-state index contributed by atoms with van der Waals surface area (Å²) in [7, 11) is 0. The molecule has 1 saturated carbocycles. The molecule has 0 amide bonds. The normalized spacial score (nSPS) is 14.7. The number of rotatable bonds is 7. The first-order chi connectivity index (χ1) is 14.0. The van der Waals surface area contributed by atoms with Gasteiger partial charge in [-0.15, -0.1) is 0 Å². The molecule has 1 aromatic carbocycles. The van der Waals surface area contributed by atoms with Gasteiger partial charge in [0.25, 0.3) is 0 Å². The van der Waals surface area contributed by atoms with Crippen LogP contribution in [0.15, 0.2) is 30.5 Å². The van der Waals surface area contributed by atoms with E-state index >= 15 is 0 Å². The van der Waals surface area contributed by atoms with Crippen molar-refractivity contribution in [3.8, 4) is 0 Å². The summed E-state index contributed by atoms with van der Waals surface area (Å²) < 4.78 is 1.85. The Bertz CT molecular complexity index is 1130. The van der Waals surface area contributed by atoms with E-state index in [1.165, 1.54) is 12.8 Å². The third-order valence-electron chi connectivity index (χ3n) is 5.25. The Labute approximate surface area is 168 Å². The Morgan fingerprint density at radius 2 is 2.07 bits per heavy atom. The second kappa shape index (κ2) is 6.81. The molecule has 8 nitrogen and oxygen atoms in total. The van der Waals surface area contributed by atoms with Crippen LogP contribution in [0, 0.1) is 0 Å². The second-order valence-corrected chi connectivity index (χ2v) is 8.43. The Morgan fingerprint density at radius 1 is 1.24 bits per heavy atom. The summed E-state index contributed by atoms with van der Waals surface area (Å²) in [6.07, 6.45) is 4.81. The predicted octanol–water partition coefficient (Wildman–Crippen LogP) is 3.35. The van der Waals surface area contributed by atoms with Crippen LogP contribution >= 0.6 is 0 Å². The number of aryl methyl sites for hydroxylation is 1. The SMILES string of the molecule is CC(C)(O)CCn1nc(NCc2nc3ccccc3[nH]2)c2ncc(C3CC3)nc21. The number of hydrogen-bond donors (Lipinski definition) is 3. The number of H-pyrrole nitrogens is 1. The van der Waals surface area contributed by atoms with Crippen LogP contribution in [-0.4, -0.2) is 40.4 Å². The molecule has 0 unspecified atom stereocenters. The summed E-state index contributed by atoms with van der Waals surface area (Å²) >= 11 is 0. The summed E-state index contributed by atoms with van der Waals surface area (Å²) in [5.74, 6) is 2.05. The van der Waals surface area contributed by atoms with E-state index < -0.39 is 5.60 Å². The zero-order valence-electron chi connectivity index (χ0n) is 16.7. The molecule has 4 aromatic rings. The molecule has 0 radical (unpaired) electrons. The number of fused-ring (bicyclic) bond motifs is 2. The number of aromatic nitrogens is 6. The minimum absolute atomic E-state index is 0.512. The maximum Gasteiger partial charge on any atom is 0.179 e. The molecule has 1 aliphatic rings. The molecule has 0 bridgehead atoms. The van der Waals surface area contributed by atoms with E-state index in [9.17, 15) is 5.11 Å². The molecule has 3 N–H and O–H groups in total. The first-order valence-corrected chi connectivity index (χ1v) is 10.1. The number of anilines is 1. The number of aliphatic hydroxyl groups is 1. The number of benzene rings is 1. The monoisotopic (exact) mass is 391 g/mol. The summed E-state index contributed by atoms with van der Waals surface area (Å²) in [6, 6.07) is 7.96. The van der Waals surface area contributed by atoms with E-state index in [0.717, 1.165) is 33.7 Å². The van der Waals surface area contributed by atoms with Gasteiger partial charge < -0.3 is 15.4 Å². The van der Waals surface area contributed by atoms with Crippen molar-refractivity contribution < 1.29 is 5.11 Å². The molecule has 1 aliphatic carbocycles. The highest BCUT2D eigenvalue weighted by molar-refractivity contribution is 5.83. The molecular formula is C21H25N7O. The van der Waals surface area contributed by atoms with Crippen LogP contribution in [-0.2, 0) is 13.1 Å². The van der Waals surface area contributed by atoms with Gasteiger partial charge in [-0.05, 0) is 45.2 Å². The Balaban J connectivity index is 1.44. The maximum absolute atomic E-state index is 10.1. The molecule has 3 aromatic heterocycles. The Morgan fingerprint density at radius 3 is 2.83 bits per heavy atom. The van der Waals surface area contributed by atoms with Crippen LogP contribution in [0.2, 0.25) is 0 Å². The van der Waals surface area contributed by atoms with Gasteiger partial charge >= 0.3 is 0 Å². The topological polar surface area (TPSA) is 105 Å². The fraction of sp³-hybridized carbons (Fsp3) is 0.429. The fourth-order valence-corrected chi connectivity index (χ4v) is 3.44. The van der Waals surface area contributed by atoms with Crippen LogP contribution < -0.4 is 5.32 Å². The minimum Gasteiger partial charge on any atom is -0.390 e. The summed E-state index contributed by atoms with van der Waals surface area (Å²) in [6.45, 7) is 4.70. The first-order valence-electron chi connectivity index (χ1n) is 10.1. The zero-order valence-corrected chi connectivity index (χ0v) is 16.7. The predicted molar refractivity (Wildman–Crippen MR) is 112 cm³/mol. The van der Waals surface area contributed by atoms with E-state index in [0.29, 0.717) is 31.2 Å². The lowest BCUT2D eigenvalue weighted by atomic mass is 10.1. The highest BCUT2D eigenvalue weighted by Crippen LogP contribution is 2.39. The van der Waals surface area contributed by atoms with E-state index in [1.54, 1.807) is 13.8 Å². The number of aromatic amines is 1. The van der Waals surface area contributed by atoms with Crippen molar-refractivity contribution in [1.82, 2.24) is 29.7 Å². The zero-order chi connectivity index (χ0) is 20.0. The van der Waals surface area contributed by atoms with Crippen LogP contribution in [0.1, 0.15) is 50.5 Å². The summed E-state index contributed by atoms with van der Waals surface area (Å²) in [4.78, 5) is 17.4. The lowest BCUT2D eigenvalue weighted by Gasteiger charge is -2.16. The second-order valence-electron chi connectivity index (χ2n) is 8.43. The van der Waals surface area contributed by atoms with Crippen LogP contribution in [0.5, 0.6) is 0 Å². The van der Waals surface area contributed by atoms with Crippen molar-refractivity contribution in [2.45, 2.75) is 57.7 Å². The number of imidazole rings is 1. The molecule has 0 aliphatic heterocycles. The van der Waals surface area contributed by atoms with Gasteiger partial charge in [-0.2, -0.15) is 5.10 Å². The molecule has 0 spiro atoms. The largest absolute Gasteiger partial charge is 0.390 e. The van der Waals surface area contributed by atoms with Crippen molar-refractivity contribution in [2.75, 3.05) is 5.32 Å². The first kappa shape index (κ1) is 18.1. The number of para-hydroxylation sites is 2. The van der Waals surface area contributed by atoms with Crippen LogP contribution in [0.25, 0.3) is 22.2 Å². The molecule has 1 fully saturated rings.